The number of fused-ring (bicyclic) bond motifs is 1. The number of hydrogen-bond acceptors (Lipinski definition) is 1. The van der Waals surface area contributed by atoms with Gasteiger partial charge in [0, 0.05) is 11.9 Å². The van der Waals surface area contributed by atoms with E-state index in [-0.39, 0.29) is 5.82 Å². The number of halogens is 2. The van der Waals surface area contributed by atoms with Crippen molar-refractivity contribution in [1.29, 1.82) is 0 Å². The van der Waals surface area contributed by atoms with Crippen LogP contribution in [0.2, 0.25) is 5.15 Å². The first kappa shape index (κ1) is 10.2. The van der Waals surface area contributed by atoms with Crippen molar-refractivity contribution < 1.29 is 9.18 Å². The average molecular weight is 226 g/mol. The van der Waals surface area contributed by atoms with Crippen molar-refractivity contribution in [1.82, 2.24) is 4.57 Å². The number of aldehydes is 1. The van der Waals surface area contributed by atoms with Gasteiger partial charge >= 0.3 is 0 Å². The van der Waals surface area contributed by atoms with Gasteiger partial charge in [0.05, 0.1) is 11.1 Å². The number of hydrogen-bond donors (Lipinski definition) is 0. The van der Waals surface area contributed by atoms with E-state index >= 15 is 0 Å². The molecule has 1 aromatic heterocycles. The van der Waals surface area contributed by atoms with Crippen molar-refractivity contribution in [3.8, 4) is 0 Å². The van der Waals surface area contributed by atoms with Gasteiger partial charge in [-0.2, -0.15) is 0 Å². The number of aryl methyl sites for hydroxylation is 1. The zero-order valence-electron chi connectivity index (χ0n) is 8.13. The van der Waals surface area contributed by atoms with Crippen molar-refractivity contribution in [2.75, 3.05) is 0 Å². The highest BCUT2D eigenvalue weighted by Crippen LogP contribution is 2.29. The molecule has 0 saturated heterocycles. The second-order valence-electron chi connectivity index (χ2n) is 3.23. The summed E-state index contributed by atoms with van der Waals surface area (Å²) in [6, 6.07) is 4.32. The van der Waals surface area contributed by atoms with Crippen LogP contribution in [0.4, 0.5) is 4.39 Å². The van der Waals surface area contributed by atoms with Crippen LogP contribution < -0.4 is 0 Å². The van der Waals surface area contributed by atoms with Gasteiger partial charge in [-0.05, 0) is 25.1 Å². The average Bonchev–Trinajstić information content (AvgIpc) is 2.48. The van der Waals surface area contributed by atoms with E-state index in [9.17, 15) is 9.18 Å². The highest BCUT2D eigenvalue weighted by atomic mass is 35.5. The summed E-state index contributed by atoms with van der Waals surface area (Å²) < 4.78 is 14.8. The first-order chi connectivity index (χ1) is 7.19. The summed E-state index contributed by atoms with van der Waals surface area (Å²) in [4.78, 5) is 10.9. The summed E-state index contributed by atoms with van der Waals surface area (Å²) >= 11 is 6.01. The third-order valence-corrected chi connectivity index (χ3v) is 2.84. The lowest BCUT2D eigenvalue weighted by Crippen LogP contribution is -1.93. The van der Waals surface area contributed by atoms with Crippen LogP contribution in [-0.2, 0) is 6.54 Å². The SMILES string of the molecule is CCn1c(Cl)c(C=O)c2cc(F)ccc21. The first-order valence-electron chi connectivity index (χ1n) is 4.61. The maximum absolute atomic E-state index is 13.0. The Bertz CT molecular complexity index is 533. The van der Waals surface area contributed by atoms with Gasteiger partial charge in [0.1, 0.15) is 11.0 Å². The van der Waals surface area contributed by atoms with E-state index in [0.29, 0.717) is 28.9 Å². The van der Waals surface area contributed by atoms with Crippen LogP contribution in [-0.4, -0.2) is 10.9 Å². The molecule has 2 rings (SSSR count). The molecule has 0 amide bonds. The van der Waals surface area contributed by atoms with Crippen molar-refractivity contribution >= 4 is 28.8 Å². The topological polar surface area (TPSA) is 22.0 Å². The fraction of sp³-hybridized carbons (Fsp3) is 0.182. The van der Waals surface area contributed by atoms with E-state index < -0.39 is 0 Å². The molecule has 0 spiro atoms. The Hall–Kier alpha value is -1.35. The number of nitrogens with zero attached hydrogens (tertiary/aromatic N) is 1. The monoisotopic (exact) mass is 225 g/mol. The van der Waals surface area contributed by atoms with Crippen LogP contribution in [0.3, 0.4) is 0 Å². The summed E-state index contributed by atoms with van der Waals surface area (Å²) in [6.07, 6.45) is 0.663. The van der Waals surface area contributed by atoms with Gasteiger partial charge in [0.25, 0.3) is 0 Å². The standard InChI is InChI=1S/C11H9ClFNO/c1-2-14-10-4-3-7(13)5-8(10)9(6-15)11(14)12/h3-6H,2H2,1H3. The summed E-state index contributed by atoms with van der Waals surface area (Å²) in [5.74, 6) is -0.365. The predicted molar refractivity (Wildman–Crippen MR) is 58.0 cm³/mol. The molecule has 4 heteroatoms. The van der Waals surface area contributed by atoms with Gasteiger partial charge in [-0.3, -0.25) is 4.79 Å². The molecule has 15 heavy (non-hydrogen) atoms. The number of carbonyl (C=O) groups is 1. The quantitative estimate of drug-likeness (QED) is 0.719. The molecular weight excluding hydrogens is 217 g/mol. The summed E-state index contributed by atoms with van der Waals surface area (Å²) in [5.41, 5.74) is 1.14. The van der Waals surface area contributed by atoms with Crippen LogP contribution in [0.25, 0.3) is 10.9 Å². The van der Waals surface area contributed by atoms with Crippen LogP contribution in [0.1, 0.15) is 17.3 Å². The lowest BCUT2D eigenvalue weighted by Gasteiger charge is -2.01. The van der Waals surface area contributed by atoms with Gasteiger partial charge in [-0.1, -0.05) is 11.6 Å². The minimum Gasteiger partial charge on any atom is -0.331 e. The Balaban J connectivity index is 2.91. The molecule has 2 nitrogen and oxygen atoms in total. The largest absolute Gasteiger partial charge is 0.331 e. The van der Waals surface area contributed by atoms with Crippen LogP contribution >= 0.6 is 11.6 Å². The van der Waals surface area contributed by atoms with Gasteiger partial charge in [0.2, 0.25) is 0 Å². The highest BCUT2D eigenvalue weighted by molar-refractivity contribution is 6.34. The molecule has 0 N–H and O–H groups in total. The minimum absolute atomic E-state index is 0.355. The molecule has 0 aliphatic heterocycles. The molecule has 1 aromatic carbocycles. The van der Waals surface area contributed by atoms with E-state index in [1.807, 2.05) is 6.92 Å². The Morgan fingerprint density at radius 3 is 2.87 bits per heavy atom. The van der Waals surface area contributed by atoms with Crippen LogP contribution in [0.15, 0.2) is 18.2 Å². The molecule has 78 valence electrons. The molecule has 0 bridgehead atoms. The third kappa shape index (κ3) is 1.43. The number of benzene rings is 1. The highest BCUT2D eigenvalue weighted by Gasteiger charge is 2.14. The molecule has 0 unspecified atom stereocenters. The fourth-order valence-electron chi connectivity index (χ4n) is 1.74. The van der Waals surface area contributed by atoms with Gasteiger partial charge in [-0.15, -0.1) is 0 Å². The van der Waals surface area contributed by atoms with Crippen LogP contribution in [0.5, 0.6) is 0 Å². The van der Waals surface area contributed by atoms with E-state index in [1.165, 1.54) is 12.1 Å². The maximum atomic E-state index is 13.0. The molecule has 1 heterocycles. The zero-order chi connectivity index (χ0) is 11.0. The summed E-state index contributed by atoms with van der Waals surface area (Å²) in [7, 11) is 0. The smallest absolute Gasteiger partial charge is 0.153 e. The predicted octanol–water partition coefficient (Wildman–Crippen LogP) is 3.27. The van der Waals surface area contributed by atoms with Crippen LogP contribution in [0, 0.1) is 5.82 Å². The fourth-order valence-corrected chi connectivity index (χ4v) is 2.10. The maximum Gasteiger partial charge on any atom is 0.153 e. The Morgan fingerprint density at radius 1 is 1.53 bits per heavy atom. The molecule has 0 aliphatic rings. The lowest BCUT2D eigenvalue weighted by molar-refractivity contribution is 0.112. The molecule has 0 radical (unpaired) electrons. The van der Waals surface area contributed by atoms with Crippen molar-refractivity contribution in [3.05, 3.63) is 34.7 Å². The Labute approximate surface area is 91.3 Å². The van der Waals surface area contributed by atoms with Gasteiger partial charge < -0.3 is 4.57 Å². The number of carbonyl (C=O) groups excluding carboxylic acids is 1. The van der Waals surface area contributed by atoms with Gasteiger partial charge in [0.15, 0.2) is 6.29 Å². The summed E-state index contributed by atoms with van der Waals surface area (Å²) in [5, 5.41) is 0.935. The van der Waals surface area contributed by atoms with E-state index in [0.717, 1.165) is 5.52 Å². The minimum atomic E-state index is -0.365. The normalized spacial score (nSPS) is 10.9. The van der Waals surface area contributed by atoms with Gasteiger partial charge in [-0.25, -0.2) is 4.39 Å². The number of rotatable bonds is 2. The second-order valence-corrected chi connectivity index (χ2v) is 3.59. The molecule has 0 aliphatic carbocycles. The lowest BCUT2D eigenvalue weighted by atomic mass is 10.2. The van der Waals surface area contributed by atoms with E-state index in [4.69, 9.17) is 11.6 Å². The Kier molecular flexibility index (Phi) is 2.49. The third-order valence-electron chi connectivity index (χ3n) is 2.43. The Morgan fingerprint density at radius 2 is 2.27 bits per heavy atom. The molecule has 0 fully saturated rings. The zero-order valence-corrected chi connectivity index (χ0v) is 8.88. The molecule has 2 aromatic rings. The second kappa shape index (κ2) is 3.66. The first-order valence-corrected chi connectivity index (χ1v) is 4.99. The van der Waals surface area contributed by atoms with Crippen molar-refractivity contribution in [2.24, 2.45) is 0 Å². The summed E-state index contributed by atoms with van der Waals surface area (Å²) in [6.45, 7) is 2.57. The molecule has 0 saturated carbocycles. The molecular formula is C11H9ClFNO. The van der Waals surface area contributed by atoms with E-state index in [2.05, 4.69) is 0 Å². The molecule has 0 atom stereocenters. The van der Waals surface area contributed by atoms with Crippen molar-refractivity contribution in [2.45, 2.75) is 13.5 Å². The van der Waals surface area contributed by atoms with E-state index in [1.54, 1.807) is 10.6 Å². The van der Waals surface area contributed by atoms with Crippen molar-refractivity contribution in [3.63, 3.8) is 0 Å². The number of aromatic nitrogens is 1.